The first kappa shape index (κ1) is 20.3. The van der Waals surface area contributed by atoms with Crippen LogP contribution in [0.25, 0.3) is 0 Å². The summed E-state index contributed by atoms with van der Waals surface area (Å²) in [6.45, 7) is 4.15. The number of ether oxygens (including phenoxy) is 2. The van der Waals surface area contributed by atoms with Gasteiger partial charge in [0.15, 0.2) is 0 Å². The SMILES string of the molecule is COc1ccc(CNC(=O)[C@@H](NC(=O)c2ccccc2OC)C(C)C)cc1. The minimum atomic E-state index is -0.652. The minimum absolute atomic E-state index is 0.0699. The van der Waals surface area contributed by atoms with Crippen molar-refractivity contribution in [2.24, 2.45) is 5.92 Å². The van der Waals surface area contributed by atoms with Gasteiger partial charge in [-0.05, 0) is 35.7 Å². The smallest absolute Gasteiger partial charge is 0.255 e. The highest BCUT2D eigenvalue weighted by Gasteiger charge is 2.25. The van der Waals surface area contributed by atoms with E-state index in [0.29, 0.717) is 17.9 Å². The van der Waals surface area contributed by atoms with E-state index in [1.54, 1.807) is 31.4 Å². The van der Waals surface area contributed by atoms with E-state index in [1.165, 1.54) is 7.11 Å². The van der Waals surface area contributed by atoms with Gasteiger partial charge in [0.2, 0.25) is 5.91 Å². The van der Waals surface area contributed by atoms with Crippen molar-refractivity contribution >= 4 is 11.8 Å². The van der Waals surface area contributed by atoms with E-state index in [4.69, 9.17) is 9.47 Å². The first-order valence-electron chi connectivity index (χ1n) is 8.80. The Labute approximate surface area is 159 Å². The highest BCUT2D eigenvalue weighted by Crippen LogP contribution is 2.18. The van der Waals surface area contributed by atoms with Crippen LogP contribution in [-0.2, 0) is 11.3 Å². The highest BCUT2D eigenvalue weighted by atomic mass is 16.5. The molecule has 0 radical (unpaired) electrons. The van der Waals surface area contributed by atoms with Gasteiger partial charge in [0.25, 0.3) is 5.91 Å². The zero-order valence-corrected chi connectivity index (χ0v) is 16.1. The summed E-state index contributed by atoms with van der Waals surface area (Å²) in [5, 5.41) is 5.69. The fraction of sp³-hybridized carbons (Fsp3) is 0.333. The summed E-state index contributed by atoms with van der Waals surface area (Å²) >= 11 is 0. The Morgan fingerprint density at radius 3 is 2.22 bits per heavy atom. The molecule has 144 valence electrons. The van der Waals surface area contributed by atoms with Crippen molar-refractivity contribution in [2.45, 2.75) is 26.4 Å². The number of carbonyl (C=O) groups excluding carboxylic acids is 2. The van der Waals surface area contributed by atoms with E-state index in [9.17, 15) is 9.59 Å². The Kier molecular flexibility index (Phi) is 7.23. The second-order valence-corrected chi connectivity index (χ2v) is 6.46. The zero-order valence-electron chi connectivity index (χ0n) is 16.1. The van der Waals surface area contributed by atoms with Crippen LogP contribution in [0, 0.1) is 5.92 Å². The van der Waals surface area contributed by atoms with Gasteiger partial charge in [0, 0.05) is 6.54 Å². The zero-order chi connectivity index (χ0) is 19.8. The van der Waals surface area contributed by atoms with E-state index < -0.39 is 6.04 Å². The molecule has 2 amide bonds. The van der Waals surface area contributed by atoms with Crippen molar-refractivity contribution in [3.8, 4) is 11.5 Å². The number of hydrogen-bond acceptors (Lipinski definition) is 4. The average Bonchev–Trinajstić information content (AvgIpc) is 2.70. The number of nitrogens with one attached hydrogen (secondary N) is 2. The summed E-state index contributed by atoms with van der Waals surface area (Å²) in [5.41, 5.74) is 1.34. The summed E-state index contributed by atoms with van der Waals surface area (Å²) in [6, 6.07) is 13.7. The molecule has 0 aliphatic rings. The molecular formula is C21H26N2O4. The minimum Gasteiger partial charge on any atom is -0.497 e. The third-order valence-electron chi connectivity index (χ3n) is 4.21. The van der Waals surface area contributed by atoms with Gasteiger partial charge in [-0.15, -0.1) is 0 Å². The number of hydrogen-bond donors (Lipinski definition) is 2. The summed E-state index contributed by atoms with van der Waals surface area (Å²) in [6.07, 6.45) is 0. The fourth-order valence-corrected chi connectivity index (χ4v) is 2.63. The summed E-state index contributed by atoms with van der Waals surface area (Å²) in [7, 11) is 3.11. The summed E-state index contributed by atoms with van der Waals surface area (Å²) in [5.74, 6) is 0.583. The number of para-hydroxylation sites is 1. The molecule has 0 aliphatic carbocycles. The lowest BCUT2D eigenvalue weighted by atomic mass is 10.0. The molecule has 0 aromatic heterocycles. The van der Waals surface area contributed by atoms with Crippen LogP contribution in [0.1, 0.15) is 29.8 Å². The highest BCUT2D eigenvalue weighted by molar-refractivity contribution is 5.99. The van der Waals surface area contributed by atoms with Crippen LogP contribution >= 0.6 is 0 Å². The van der Waals surface area contributed by atoms with Crippen LogP contribution in [0.4, 0.5) is 0 Å². The van der Waals surface area contributed by atoms with Crippen molar-refractivity contribution < 1.29 is 19.1 Å². The second kappa shape index (κ2) is 9.62. The van der Waals surface area contributed by atoms with Crippen LogP contribution < -0.4 is 20.1 Å². The summed E-state index contributed by atoms with van der Waals surface area (Å²) < 4.78 is 10.3. The molecule has 0 bridgehead atoms. The normalized spacial score (nSPS) is 11.6. The van der Waals surface area contributed by atoms with E-state index in [0.717, 1.165) is 11.3 Å². The largest absolute Gasteiger partial charge is 0.497 e. The van der Waals surface area contributed by atoms with Crippen molar-refractivity contribution in [2.75, 3.05) is 14.2 Å². The number of methoxy groups -OCH3 is 2. The third-order valence-corrected chi connectivity index (χ3v) is 4.21. The second-order valence-electron chi connectivity index (χ2n) is 6.46. The third kappa shape index (κ3) is 5.48. The lowest BCUT2D eigenvalue weighted by Crippen LogP contribution is -2.49. The van der Waals surface area contributed by atoms with Crippen LogP contribution in [0.15, 0.2) is 48.5 Å². The molecule has 2 rings (SSSR count). The maximum atomic E-state index is 12.6. The molecule has 2 N–H and O–H groups in total. The van der Waals surface area contributed by atoms with Crippen molar-refractivity contribution in [1.82, 2.24) is 10.6 Å². The predicted octanol–water partition coefficient (Wildman–Crippen LogP) is 2.77. The lowest BCUT2D eigenvalue weighted by molar-refractivity contribution is -0.124. The lowest BCUT2D eigenvalue weighted by Gasteiger charge is -2.22. The van der Waals surface area contributed by atoms with Crippen molar-refractivity contribution in [3.05, 3.63) is 59.7 Å². The Morgan fingerprint density at radius 2 is 1.63 bits per heavy atom. The standard InChI is InChI=1S/C21H26N2O4/c1-14(2)19(23-20(24)17-7-5-6-8-18(17)27-4)21(25)22-13-15-9-11-16(26-3)12-10-15/h5-12,14,19H,13H2,1-4H3,(H,22,25)(H,23,24)/t19-/m0/s1. The van der Waals surface area contributed by atoms with Gasteiger partial charge in [-0.25, -0.2) is 0 Å². The monoisotopic (exact) mass is 370 g/mol. The van der Waals surface area contributed by atoms with E-state index in [1.807, 2.05) is 38.1 Å². The quantitative estimate of drug-likeness (QED) is 0.749. The molecule has 0 saturated carbocycles. The predicted molar refractivity (Wildman–Crippen MR) is 104 cm³/mol. The number of carbonyl (C=O) groups is 2. The van der Waals surface area contributed by atoms with Crippen molar-refractivity contribution in [1.29, 1.82) is 0 Å². The van der Waals surface area contributed by atoms with Gasteiger partial charge >= 0.3 is 0 Å². The van der Waals surface area contributed by atoms with Gasteiger partial charge in [0.1, 0.15) is 17.5 Å². The van der Waals surface area contributed by atoms with Crippen LogP contribution in [-0.4, -0.2) is 32.1 Å². The molecule has 27 heavy (non-hydrogen) atoms. The van der Waals surface area contributed by atoms with Gasteiger partial charge in [-0.2, -0.15) is 0 Å². The van der Waals surface area contributed by atoms with E-state index >= 15 is 0 Å². The first-order valence-corrected chi connectivity index (χ1v) is 8.80. The average molecular weight is 370 g/mol. The van der Waals surface area contributed by atoms with Crippen LogP contribution in [0.2, 0.25) is 0 Å². The molecular weight excluding hydrogens is 344 g/mol. The Bertz CT molecular complexity index is 772. The Morgan fingerprint density at radius 1 is 0.963 bits per heavy atom. The van der Waals surface area contributed by atoms with E-state index in [-0.39, 0.29) is 17.7 Å². The number of rotatable bonds is 8. The molecule has 0 spiro atoms. The van der Waals surface area contributed by atoms with Gasteiger partial charge in [-0.3, -0.25) is 9.59 Å². The molecule has 0 unspecified atom stereocenters. The van der Waals surface area contributed by atoms with Gasteiger partial charge < -0.3 is 20.1 Å². The molecule has 2 aromatic rings. The first-order chi connectivity index (χ1) is 13.0. The van der Waals surface area contributed by atoms with Gasteiger partial charge in [-0.1, -0.05) is 38.1 Å². The molecule has 0 saturated heterocycles. The van der Waals surface area contributed by atoms with Crippen LogP contribution in [0.5, 0.6) is 11.5 Å². The van der Waals surface area contributed by atoms with Crippen molar-refractivity contribution in [3.63, 3.8) is 0 Å². The molecule has 0 aliphatic heterocycles. The molecule has 6 nitrogen and oxygen atoms in total. The summed E-state index contributed by atoms with van der Waals surface area (Å²) in [4.78, 5) is 25.2. The topological polar surface area (TPSA) is 76.7 Å². The van der Waals surface area contributed by atoms with E-state index in [2.05, 4.69) is 10.6 Å². The Hall–Kier alpha value is -3.02. The molecule has 0 heterocycles. The molecule has 6 heteroatoms. The van der Waals surface area contributed by atoms with Crippen LogP contribution in [0.3, 0.4) is 0 Å². The molecule has 2 aromatic carbocycles. The molecule has 1 atom stereocenters. The maximum absolute atomic E-state index is 12.6. The maximum Gasteiger partial charge on any atom is 0.255 e. The molecule has 0 fully saturated rings. The fourth-order valence-electron chi connectivity index (χ4n) is 2.63. The number of benzene rings is 2. The Balaban J connectivity index is 2.02. The number of amides is 2. The van der Waals surface area contributed by atoms with Gasteiger partial charge in [0.05, 0.1) is 19.8 Å².